The second-order valence-corrected chi connectivity index (χ2v) is 9.46. The number of carbonyl (C=O) groups is 4. The number of ketones is 1. The lowest BCUT2D eigenvalue weighted by Gasteiger charge is -2.25. The molecular formula is C26H34N4O8. The fourth-order valence-electron chi connectivity index (χ4n) is 3.85. The largest absolute Gasteiger partial charge is 0.382 e. The summed E-state index contributed by atoms with van der Waals surface area (Å²) in [5.74, 6) is -1.78. The number of ether oxygens (including phenoxy) is 3. The summed E-state index contributed by atoms with van der Waals surface area (Å²) in [6.45, 7) is 5.17. The van der Waals surface area contributed by atoms with E-state index in [-0.39, 0.29) is 37.7 Å². The molecule has 2 heterocycles. The summed E-state index contributed by atoms with van der Waals surface area (Å²) in [5, 5.41) is 11.5. The highest BCUT2D eigenvalue weighted by molar-refractivity contribution is 5.99. The van der Waals surface area contributed by atoms with Gasteiger partial charge in [-0.2, -0.15) is 0 Å². The van der Waals surface area contributed by atoms with E-state index in [1.54, 1.807) is 13.8 Å². The first-order chi connectivity index (χ1) is 18.1. The third-order valence-electron chi connectivity index (χ3n) is 6.04. The second kappa shape index (κ2) is 12.8. The Bertz CT molecular complexity index is 1160. The molecule has 12 nitrogen and oxygen atoms in total. The first kappa shape index (κ1) is 29.0. The fraction of sp³-hybridized carbons (Fsp3) is 0.500. The maximum atomic E-state index is 13.3. The standard InChI is InChI=1S/C26H34N4O8/c1-15-7-6-8-17(9-15)11-18(22(31)26(3)14-37-26)27-24(33)20(12-35-4)29-25(34)21(13-36-5)28-23(32)19-10-16(2)38-30-19/h6-10,18,20-21H,11-14H2,1-5H3,(H,27,33)(H,28,32)(H,29,34)/t18?,20-,21?,26?/m0/s1. The smallest absolute Gasteiger partial charge is 0.274 e. The number of nitrogens with one attached hydrogen (secondary N) is 3. The van der Waals surface area contributed by atoms with Gasteiger partial charge in [-0.1, -0.05) is 35.0 Å². The van der Waals surface area contributed by atoms with Crippen LogP contribution in [0.3, 0.4) is 0 Å². The van der Waals surface area contributed by atoms with Crippen LogP contribution in [0, 0.1) is 13.8 Å². The van der Waals surface area contributed by atoms with Gasteiger partial charge in [-0.3, -0.25) is 19.2 Å². The number of aromatic nitrogens is 1. The number of carbonyl (C=O) groups excluding carboxylic acids is 4. The zero-order valence-corrected chi connectivity index (χ0v) is 22.2. The first-order valence-electron chi connectivity index (χ1n) is 12.1. The maximum absolute atomic E-state index is 13.3. The average molecular weight is 531 g/mol. The molecule has 2 aromatic rings. The van der Waals surface area contributed by atoms with Gasteiger partial charge in [-0.25, -0.2) is 0 Å². The molecule has 12 heteroatoms. The molecule has 0 radical (unpaired) electrons. The van der Waals surface area contributed by atoms with Gasteiger partial charge < -0.3 is 34.7 Å². The monoisotopic (exact) mass is 530 g/mol. The Balaban J connectivity index is 1.72. The fourth-order valence-corrected chi connectivity index (χ4v) is 3.85. The summed E-state index contributed by atoms with van der Waals surface area (Å²) in [5.41, 5.74) is 0.919. The highest BCUT2D eigenvalue weighted by Crippen LogP contribution is 2.29. The highest BCUT2D eigenvalue weighted by atomic mass is 16.6. The third-order valence-corrected chi connectivity index (χ3v) is 6.04. The Morgan fingerprint density at radius 3 is 2.11 bits per heavy atom. The summed E-state index contributed by atoms with van der Waals surface area (Å²) in [6, 6.07) is 5.86. The summed E-state index contributed by atoms with van der Waals surface area (Å²) in [6.07, 6.45) is 0.248. The lowest BCUT2D eigenvalue weighted by Crippen LogP contribution is -2.59. The molecule has 3 rings (SSSR count). The van der Waals surface area contributed by atoms with E-state index in [1.807, 2.05) is 31.2 Å². The van der Waals surface area contributed by atoms with E-state index in [4.69, 9.17) is 18.7 Å². The molecule has 38 heavy (non-hydrogen) atoms. The second-order valence-electron chi connectivity index (χ2n) is 9.46. The predicted molar refractivity (Wildman–Crippen MR) is 134 cm³/mol. The SMILES string of the molecule is COCC(NC(=O)c1cc(C)on1)C(=O)N[C@@H](COC)C(=O)NC(Cc1cccc(C)c1)C(=O)C1(C)CO1. The highest BCUT2D eigenvalue weighted by Gasteiger charge is 2.50. The van der Waals surface area contributed by atoms with Crippen LogP contribution in [0.1, 0.15) is 34.3 Å². The zero-order valence-electron chi connectivity index (χ0n) is 22.2. The van der Waals surface area contributed by atoms with Crippen molar-refractivity contribution >= 4 is 23.5 Å². The van der Waals surface area contributed by atoms with E-state index >= 15 is 0 Å². The molecule has 0 aliphatic carbocycles. The lowest BCUT2D eigenvalue weighted by molar-refractivity contribution is -0.134. The molecule has 1 saturated heterocycles. The topological polar surface area (TPSA) is 161 Å². The molecule has 0 bridgehead atoms. The third kappa shape index (κ3) is 7.70. The summed E-state index contributed by atoms with van der Waals surface area (Å²) < 4.78 is 20.5. The molecule has 3 N–H and O–H groups in total. The van der Waals surface area contributed by atoms with E-state index < -0.39 is 41.4 Å². The van der Waals surface area contributed by atoms with Crippen molar-refractivity contribution in [2.75, 3.05) is 34.0 Å². The Kier molecular flexibility index (Phi) is 9.72. The molecule has 1 aromatic heterocycles. The molecule has 3 amide bonds. The maximum Gasteiger partial charge on any atom is 0.274 e. The Hall–Kier alpha value is -3.61. The van der Waals surface area contributed by atoms with Gasteiger partial charge in [0.15, 0.2) is 11.5 Å². The van der Waals surface area contributed by atoms with Crippen LogP contribution in [0.4, 0.5) is 0 Å². The van der Waals surface area contributed by atoms with Crippen molar-refractivity contribution in [2.45, 2.75) is 50.9 Å². The van der Waals surface area contributed by atoms with Gasteiger partial charge in [0, 0.05) is 20.3 Å². The van der Waals surface area contributed by atoms with Crippen LogP contribution in [0.15, 0.2) is 34.9 Å². The normalized spacial score (nSPS) is 18.7. The number of methoxy groups -OCH3 is 2. The first-order valence-corrected chi connectivity index (χ1v) is 12.1. The molecule has 0 spiro atoms. The summed E-state index contributed by atoms with van der Waals surface area (Å²) in [4.78, 5) is 52.0. The number of benzene rings is 1. The number of hydrogen-bond acceptors (Lipinski definition) is 9. The van der Waals surface area contributed by atoms with Crippen molar-refractivity contribution in [3.63, 3.8) is 0 Å². The van der Waals surface area contributed by atoms with Crippen molar-refractivity contribution in [3.8, 4) is 0 Å². The van der Waals surface area contributed by atoms with Gasteiger partial charge in [0.1, 0.15) is 23.4 Å². The van der Waals surface area contributed by atoms with Crippen LogP contribution in [0.5, 0.6) is 0 Å². The van der Waals surface area contributed by atoms with Crippen LogP contribution < -0.4 is 16.0 Å². The number of amides is 3. The molecule has 1 aliphatic heterocycles. The minimum Gasteiger partial charge on any atom is -0.382 e. The quantitative estimate of drug-likeness (QED) is 0.291. The van der Waals surface area contributed by atoms with Gasteiger partial charge in [-0.05, 0) is 32.8 Å². The minimum atomic E-state index is -1.15. The summed E-state index contributed by atoms with van der Waals surface area (Å²) >= 11 is 0. The van der Waals surface area contributed by atoms with E-state index in [2.05, 4.69) is 21.1 Å². The molecule has 3 unspecified atom stereocenters. The molecule has 1 aliphatic rings. The minimum absolute atomic E-state index is 0.00381. The van der Waals surface area contributed by atoms with Gasteiger partial charge >= 0.3 is 0 Å². The van der Waals surface area contributed by atoms with Crippen LogP contribution in [0.2, 0.25) is 0 Å². The van der Waals surface area contributed by atoms with E-state index in [0.717, 1.165) is 11.1 Å². The molecule has 1 fully saturated rings. The van der Waals surface area contributed by atoms with Crippen LogP contribution in [0.25, 0.3) is 0 Å². The van der Waals surface area contributed by atoms with Crippen molar-refractivity contribution in [1.82, 2.24) is 21.1 Å². The predicted octanol–water partition coefficient (Wildman–Crippen LogP) is 0.253. The molecular weight excluding hydrogens is 496 g/mol. The average Bonchev–Trinajstić information content (AvgIpc) is 3.47. The Labute approximate surface area is 220 Å². The number of rotatable bonds is 14. The molecule has 4 atom stereocenters. The van der Waals surface area contributed by atoms with E-state index in [0.29, 0.717) is 5.76 Å². The van der Waals surface area contributed by atoms with E-state index in [9.17, 15) is 19.2 Å². The van der Waals surface area contributed by atoms with Gasteiger partial charge in [0.05, 0.1) is 25.9 Å². The Morgan fingerprint density at radius 1 is 0.974 bits per heavy atom. The Morgan fingerprint density at radius 2 is 1.58 bits per heavy atom. The van der Waals surface area contributed by atoms with E-state index in [1.165, 1.54) is 20.3 Å². The number of Topliss-reactive ketones (excluding diaryl/α,β-unsaturated/α-hetero) is 1. The number of hydrogen-bond donors (Lipinski definition) is 3. The number of epoxide rings is 1. The summed E-state index contributed by atoms with van der Waals surface area (Å²) in [7, 11) is 2.75. The van der Waals surface area contributed by atoms with Gasteiger partial charge in [0.2, 0.25) is 11.8 Å². The van der Waals surface area contributed by atoms with Crippen molar-refractivity contribution in [3.05, 3.63) is 52.9 Å². The molecule has 206 valence electrons. The van der Waals surface area contributed by atoms with Gasteiger partial charge in [0.25, 0.3) is 5.91 Å². The van der Waals surface area contributed by atoms with Crippen LogP contribution in [-0.2, 0) is 35.0 Å². The zero-order chi connectivity index (χ0) is 27.9. The van der Waals surface area contributed by atoms with Crippen molar-refractivity contribution in [1.29, 1.82) is 0 Å². The van der Waals surface area contributed by atoms with Crippen molar-refractivity contribution < 1.29 is 37.9 Å². The number of nitrogens with zero attached hydrogens (tertiary/aromatic N) is 1. The van der Waals surface area contributed by atoms with Crippen LogP contribution in [-0.4, -0.2) is 86.4 Å². The van der Waals surface area contributed by atoms with Crippen LogP contribution >= 0.6 is 0 Å². The molecule has 0 saturated carbocycles. The van der Waals surface area contributed by atoms with Gasteiger partial charge in [-0.15, -0.1) is 0 Å². The lowest BCUT2D eigenvalue weighted by atomic mass is 9.94. The number of aryl methyl sites for hydroxylation is 2. The molecule has 1 aromatic carbocycles. The van der Waals surface area contributed by atoms with Crippen molar-refractivity contribution in [2.24, 2.45) is 0 Å².